The van der Waals surface area contributed by atoms with Crippen molar-refractivity contribution >= 4 is 5.88 Å². The molecule has 0 radical (unpaired) electrons. The van der Waals surface area contributed by atoms with Gasteiger partial charge in [0.2, 0.25) is 0 Å². The van der Waals surface area contributed by atoms with Gasteiger partial charge in [-0.2, -0.15) is 0 Å². The molecular formula is C9H14N2O. The quantitative estimate of drug-likeness (QED) is 0.736. The molecule has 1 aromatic rings. The van der Waals surface area contributed by atoms with Crippen molar-refractivity contribution < 1.29 is 4.42 Å². The van der Waals surface area contributed by atoms with Crippen LogP contribution in [0.3, 0.4) is 0 Å². The molecular weight excluding hydrogens is 152 g/mol. The molecule has 0 unspecified atom stereocenters. The second kappa shape index (κ2) is 2.83. The third kappa shape index (κ3) is 1.32. The Kier molecular flexibility index (Phi) is 1.81. The van der Waals surface area contributed by atoms with Gasteiger partial charge in [-0.1, -0.05) is 0 Å². The summed E-state index contributed by atoms with van der Waals surface area (Å²) in [7, 11) is 2.07. The molecule has 3 heteroatoms. The van der Waals surface area contributed by atoms with Gasteiger partial charge in [0.1, 0.15) is 5.76 Å². The van der Waals surface area contributed by atoms with E-state index in [1.54, 1.807) is 0 Å². The highest BCUT2D eigenvalue weighted by atomic mass is 16.4. The van der Waals surface area contributed by atoms with Crippen molar-refractivity contribution in [2.24, 2.45) is 5.73 Å². The summed E-state index contributed by atoms with van der Waals surface area (Å²) in [6.07, 6.45) is 2.57. The topological polar surface area (TPSA) is 42.4 Å². The third-order valence-corrected chi connectivity index (χ3v) is 2.29. The molecule has 2 rings (SSSR count). The smallest absolute Gasteiger partial charge is 0.195 e. The molecule has 0 amide bonds. The first kappa shape index (κ1) is 7.68. The van der Waals surface area contributed by atoms with E-state index in [0.29, 0.717) is 12.6 Å². The van der Waals surface area contributed by atoms with Crippen LogP contribution in [0.2, 0.25) is 0 Å². The van der Waals surface area contributed by atoms with E-state index in [2.05, 4.69) is 11.9 Å². The predicted octanol–water partition coefficient (Wildman–Crippen LogP) is 1.34. The predicted molar refractivity (Wildman–Crippen MR) is 48.0 cm³/mol. The molecule has 0 spiro atoms. The first-order valence-electron chi connectivity index (χ1n) is 4.33. The van der Waals surface area contributed by atoms with Crippen LogP contribution in [0.25, 0.3) is 0 Å². The fourth-order valence-corrected chi connectivity index (χ4v) is 1.31. The minimum absolute atomic E-state index is 0.485. The summed E-state index contributed by atoms with van der Waals surface area (Å²) in [6, 6.07) is 4.62. The number of furan rings is 1. The number of hydrogen-bond acceptors (Lipinski definition) is 3. The summed E-state index contributed by atoms with van der Waals surface area (Å²) in [5, 5.41) is 0. The highest BCUT2D eigenvalue weighted by Gasteiger charge is 2.27. The molecule has 0 aromatic carbocycles. The lowest BCUT2D eigenvalue weighted by Crippen LogP contribution is -2.18. The normalized spacial score (nSPS) is 16.5. The minimum Gasteiger partial charge on any atom is -0.444 e. The molecule has 1 heterocycles. The van der Waals surface area contributed by atoms with Crippen molar-refractivity contribution in [3.63, 3.8) is 0 Å². The van der Waals surface area contributed by atoms with Crippen molar-refractivity contribution in [1.29, 1.82) is 0 Å². The van der Waals surface area contributed by atoms with E-state index in [1.807, 2.05) is 12.1 Å². The van der Waals surface area contributed by atoms with Gasteiger partial charge < -0.3 is 15.1 Å². The fourth-order valence-electron chi connectivity index (χ4n) is 1.31. The zero-order valence-electron chi connectivity index (χ0n) is 7.29. The summed E-state index contributed by atoms with van der Waals surface area (Å²) in [6.45, 7) is 0.485. The average Bonchev–Trinajstić information content (AvgIpc) is 2.82. The van der Waals surface area contributed by atoms with Crippen LogP contribution in [0, 0.1) is 0 Å². The first-order chi connectivity index (χ1) is 5.81. The van der Waals surface area contributed by atoms with E-state index in [9.17, 15) is 0 Å². The first-order valence-corrected chi connectivity index (χ1v) is 4.33. The second-order valence-electron chi connectivity index (χ2n) is 3.29. The van der Waals surface area contributed by atoms with Gasteiger partial charge in [-0.3, -0.25) is 0 Å². The number of hydrogen-bond donors (Lipinski definition) is 1. The summed E-state index contributed by atoms with van der Waals surface area (Å²) >= 11 is 0. The monoisotopic (exact) mass is 166 g/mol. The van der Waals surface area contributed by atoms with Gasteiger partial charge in [0.15, 0.2) is 5.88 Å². The van der Waals surface area contributed by atoms with Crippen molar-refractivity contribution in [2.75, 3.05) is 11.9 Å². The van der Waals surface area contributed by atoms with Crippen molar-refractivity contribution in [3.8, 4) is 0 Å². The van der Waals surface area contributed by atoms with Crippen LogP contribution in [-0.2, 0) is 6.54 Å². The Hall–Kier alpha value is -0.960. The zero-order chi connectivity index (χ0) is 8.55. The van der Waals surface area contributed by atoms with Gasteiger partial charge in [0.25, 0.3) is 0 Å². The maximum atomic E-state index is 5.50. The Balaban J connectivity index is 2.10. The van der Waals surface area contributed by atoms with Gasteiger partial charge in [0, 0.05) is 19.2 Å². The van der Waals surface area contributed by atoms with Crippen LogP contribution < -0.4 is 10.6 Å². The molecule has 66 valence electrons. The van der Waals surface area contributed by atoms with Gasteiger partial charge in [-0.05, 0) is 18.9 Å². The highest BCUT2D eigenvalue weighted by molar-refractivity contribution is 5.38. The molecule has 0 bridgehead atoms. The van der Waals surface area contributed by atoms with Crippen LogP contribution in [0.4, 0.5) is 5.88 Å². The average molecular weight is 166 g/mol. The lowest BCUT2D eigenvalue weighted by atomic mass is 10.4. The molecule has 0 aliphatic heterocycles. The Labute approximate surface area is 72.1 Å². The molecule has 0 atom stereocenters. The van der Waals surface area contributed by atoms with E-state index < -0.39 is 0 Å². The second-order valence-corrected chi connectivity index (χ2v) is 3.29. The Morgan fingerprint density at radius 1 is 1.58 bits per heavy atom. The summed E-state index contributed by atoms with van der Waals surface area (Å²) < 4.78 is 5.50. The lowest BCUT2D eigenvalue weighted by molar-refractivity contribution is 0.505. The molecule has 1 fully saturated rings. The molecule has 1 aromatic heterocycles. The van der Waals surface area contributed by atoms with E-state index in [1.165, 1.54) is 12.8 Å². The van der Waals surface area contributed by atoms with Gasteiger partial charge in [0.05, 0.1) is 6.54 Å². The van der Waals surface area contributed by atoms with Crippen LogP contribution in [0.5, 0.6) is 0 Å². The summed E-state index contributed by atoms with van der Waals surface area (Å²) in [4.78, 5) is 2.18. The molecule has 2 N–H and O–H groups in total. The molecule has 12 heavy (non-hydrogen) atoms. The third-order valence-electron chi connectivity index (χ3n) is 2.29. The Bertz CT molecular complexity index is 265. The maximum absolute atomic E-state index is 5.50. The SMILES string of the molecule is CN(c1ccc(CN)o1)C1CC1. The number of nitrogens with zero attached hydrogens (tertiary/aromatic N) is 1. The molecule has 1 aliphatic carbocycles. The van der Waals surface area contributed by atoms with Gasteiger partial charge >= 0.3 is 0 Å². The maximum Gasteiger partial charge on any atom is 0.195 e. The van der Waals surface area contributed by atoms with Gasteiger partial charge in [-0.15, -0.1) is 0 Å². The number of rotatable bonds is 3. The van der Waals surface area contributed by atoms with Crippen molar-refractivity contribution in [2.45, 2.75) is 25.4 Å². The minimum atomic E-state index is 0.485. The molecule has 3 nitrogen and oxygen atoms in total. The lowest BCUT2D eigenvalue weighted by Gasteiger charge is -2.13. The summed E-state index contributed by atoms with van der Waals surface area (Å²) in [5.74, 6) is 1.80. The number of nitrogens with two attached hydrogens (primary N) is 1. The number of anilines is 1. The van der Waals surface area contributed by atoms with Crippen LogP contribution in [-0.4, -0.2) is 13.1 Å². The molecule has 1 aliphatic rings. The van der Waals surface area contributed by atoms with Crippen LogP contribution >= 0.6 is 0 Å². The van der Waals surface area contributed by atoms with E-state index in [4.69, 9.17) is 10.2 Å². The van der Waals surface area contributed by atoms with E-state index >= 15 is 0 Å². The largest absolute Gasteiger partial charge is 0.444 e. The van der Waals surface area contributed by atoms with Crippen molar-refractivity contribution in [3.05, 3.63) is 17.9 Å². The van der Waals surface area contributed by atoms with Gasteiger partial charge in [-0.25, -0.2) is 0 Å². The summed E-state index contributed by atoms with van der Waals surface area (Å²) in [5.41, 5.74) is 5.44. The zero-order valence-corrected chi connectivity index (χ0v) is 7.29. The standard InChI is InChI=1S/C9H14N2O/c1-11(7-2-3-7)9-5-4-8(6-10)12-9/h4-5,7H,2-3,6,10H2,1H3. The Morgan fingerprint density at radius 3 is 2.83 bits per heavy atom. The highest BCUT2D eigenvalue weighted by Crippen LogP contribution is 2.30. The molecule has 1 saturated carbocycles. The fraction of sp³-hybridized carbons (Fsp3) is 0.556. The van der Waals surface area contributed by atoms with E-state index in [-0.39, 0.29) is 0 Å². The van der Waals surface area contributed by atoms with E-state index in [0.717, 1.165) is 11.6 Å². The van der Waals surface area contributed by atoms with Crippen LogP contribution in [0.1, 0.15) is 18.6 Å². The van der Waals surface area contributed by atoms with Crippen LogP contribution in [0.15, 0.2) is 16.5 Å². The Morgan fingerprint density at radius 2 is 2.33 bits per heavy atom. The van der Waals surface area contributed by atoms with Crippen molar-refractivity contribution in [1.82, 2.24) is 0 Å². The molecule has 0 saturated heterocycles.